The molecule has 7 nitrogen and oxygen atoms in total. The molecule has 2 aromatic carbocycles. The lowest BCUT2D eigenvalue weighted by Crippen LogP contribution is -2.55. The van der Waals surface area contributed by atoms with Crippen LogP contribution in [0, 0.1) is 5.92 Å². The van der Waals surface area contributed by atoms with Crippen molar-refractivity contribution in [2.45, 2.75) is 45.3 Å². The Morgan fingerprint density at radius 3 is 1.90 bits per heavy atom. The van der Waals surface area contributed by atoms with E-state index >= 15 is 0 Å². The van der Waals surface area contributed by atoms with Crippen LogP contribution in [0.25, 0.3) is 11.1 Å². The number of carbonyl (C=O) groups excluding carboxylic acids is 1. The first-order valence-corrected chi connectivity index (χ1v) is 9.85. The Morgan fingerprint density at radius 1 is 0.833 bits per heavy atom. The second kappa shape index (κ2) is 10.5. The highest BCUT2D eigenvalue weighted by atomic mass is 16.4. The lowest BCUT2D eigenvalue weighted by molar-refractivity contribution is -0.143. The maximum atomic E-state index is 12.7. The Hall–Kier alpha value is -3.19. The van der Waals surface area contributed by atoms with Crippen molar-refractivity contribution >= 4 is 17.8 Å². The highest BCUT2D eigenvalue weighted by Gasteiger charge is 2.29. The lowest BCUT2D eigenvalue weighted by atomic mass is 9.99. The zero-order valence-electron chi connectivity index (χ0n) is 17.3. The Labute approximate surface area is 176 Å². The molecule has 0 bridgehead atoms. The normalized spacial score (nSPS) is 14.0. The quantitative estimate of drug-likeness (QED) is 0.477. The molecule has 0 aliphatic carbocycles. The number of hydrogen-bond acceptors (Lipinski definition) is 4. The highest BCUT2D eigenvalue weighted by molar-refractivity contribution is 5.88. The second-order valence-electron chi connectivity index (χ2n) is 7.61. The average Bonchev–Trinajstić information content (AvgIpc) is 2.71. The van der Waals surface area contributed by atoms with E-state index in [1.807, 2.05) is 54.6 Å². The van der Waals surface area contributed by atoms with Crippen molar-refractivity contribution in [1.82, 2.24) is 10.6 Å². The Bertz CT molecular complexity index is 865. The standard InChI is InChI=1S/C23H28N2O5/c1-14(2)20(24-15(3)22(27)28)21(26)25-19(23(29)30)13-16-9-11-18(12-10-16)17-7-5-4-6-8-17/h4-12,14-15,19-20,24H,13H2,1-3H3,(H,25,26)(H,27,28)(H,29,30)/t15-,19-,20-/m0/s1. The van der Waals surface area contributed by atoms with Gasteiger partial charge in [0.25, 0.3) is 0 Å². The summed E-state index contributed by atoms with van der Waals surface area (Å²) < 4.78 is 0. The number of rotatable bonds is 10. The molecule has 0 radical (unpaired) electrons. The van der Waals surface area contributed by atoms with E-state index in [0.29, 0.717) is 0 Å². The van der Waals surface area contributed by atoms with E-state index < -0.39 is 36.0 Å². The van der Waals surface area contributed by atoms with Gasteiger partial charge in [0.05, 0.1) is 6.04 Å². The van der Waals surface area contributed by atoms with Crippen molar-refractivity contribution in [1.29, 1.82) is 0 Å². The smallest absolute Gasteiger partial charge is 0.326 e. The van der Waals surface area contributed by atoms with Crippen LogP contribution < -0.4 is 10.6 Å². The highest BCUT2D eigenvalue weighted by Crippen LogP contribution is 2.19. The number of carboxylic acid groups (broad SMARTS) is 2. The van der Waals surface area contributed by atoms with Crippen LogP contribution in [0.1, 0.15) is 26.3 Å². The third kappa shape index (κ3) is 6.42. The number of nitrogens with one attached hydrogen (secondary N) is 2. The Balaban J connectivity index is 2.09. The van der Waals surface area contributed by atoms with Crippen molar-refractivity contribution in [2.75, 3.05) is 0 Å². The van der Waals surface area contributed by atoms with Gasteiger partial charge in [-0.3, -0.25) is 14.9 Å². The predicted octanol–water partition coefficient (Wildman–Crippen LogP) is 2.55. The molecule has 0 spiro atoms. The fourth-order valence-corrected chi connectivity index (χ4v) is 3.07. The number of aliphatic carboxylic acids is 2. The Morgan fingerprint density at radius 2 is 1.40 bits per heavy atom. The summed E-state index contributed by atoms with van der Waals surface area (Å²) in [5, 5.41) is 23.9. The predicted molar refractivity (Wildman–Crippen MR) is 114 cm³/mol. The molecular formula is C23H28N2O5. The second-order valence-corrected chi connectivity index (χ2v) is 7.61. The van der Waals surface area contributed by atoms with Gasteiger partial charge in [0.15, 0.2) is 0 Å². The molecule has 2 rings (SSSR count). The van der Waals surface area contributed by atoms with Crippen molar-refractivity contribution < 1.29 is 24.6 Å². The molecule has 30 heavy (non-hydrogen) atoms. The van der Waals surface area contributed by atoms with Crippen LogP contribution in [0.5, 0.6) is 0 Å². The van der Waals surface area contributed by atoms with Gasteiger partial charge in [-0.2, -0.15) is 0 Å². The maximum Gasteiger partial charge on any atom is 0.326 e. The third-order valence-corrected chi connectivity index (χ3v) is 4.86. The minimum absolute atomic E-state index is 0.120. The molecule has 7 heteroatoms. The van der Waals surface area contributed by atoms with Crippen LogP contribution in [-0.4, -0.2) is 46.2 Å². The topological polar surface area (TPSA) is 116 Å². The molecule has 3 atom stereocenters. The summed E-state index contributed by atoms with van der Waals surface area (Å²) in [4.78, 5) is 35.5. The molecule has 0 aliphatic rings. The van der Waals surface area contributed by atoms with E-state index in [-0.39, 0.29) is 12.3 Å². The zero-order chi connectivity index (χ0) is 22.3. The van der Waals surface area contributed by atoms with Crippen molar-refractivity contribution in [3.8, 4) is 11.1 Å². The van der Waals surface area contributed by atoms with Gasteiger partial charge in [0, 0.05) is 6.42 Å². The van der Waals surface area contributed by atoms with Crippen LogP contribution in [-0.2, 0) is 20.8 Å². The molecule has 4 N–H and O–H groups in total. The van der Waals surface area contributed by atoms with E-state index in [1.54, 1.807) is 13.8 Å². The average molecular weight is 412 g/mol. The summed E-state index contributed by atoms with van der Waals surface area (Å²) >= 11 is 0. The molecule has 1 amide bonds. The number of hydrogen-bond donors (Lipinski definition) is 4. The monoisotopic (exact) mass is 412 g/mol. The minimum atomic E-state index is -1.15. The molecule has 0 heterocycles. The summed E-state index contributed by atoms with van der Waals surface area (Å²) in [6.45, 7) is 4.97. The molecule has 0 fully saturated rings. The number of benzene rings is 2. The lowest BCUT2D eigenvalue weighted by Gasteiger charge is -2.25. The van der Waals surface area contributed by atoms with Gasteiger partial charge in [-0.1, -0.05) is 68.4 Å². The van der Waals surface area contributed by atoms with Crippen LogP contribution in [0.3, 0.4) is 0 Å². The van der Waals surface area contributed by atoms with E-state index in [9.17, 15) is 19.5 Å². The van der Waals surface area contributed by atoms with Gasteiger partial charge in [-0.15, -0.1) is 0 Å². The first-order valence-electron chi connectivity index (χ1n) is 9.85. The van der Waals surface area contributed by atoms with Gasteiger partial charge in [0.1, 0.15) is 12.1 Å². The van der Waals surface area contributed by atoms with Gasteiger partial charge >= 0.3 is 11.9 Å². The summed E-state index contributed by atoms with van der Waals surface area (Å²) in [6, 6.07) is 14.5. The fraction of sp³-hybridized carbons (Fsp3) is 0.348. The number of carbonyl (C=O) groups is 3. The number of amides is 1. The SMILES string of the molecule is CC(C)[C@H](N[C@@H](C)C(=O)O)C(=O)N[C@@H](Cc1ccc(-c2ccccc2)cc1)C(=O)O. The maximum absolute atomic E-state index is 12.7. The van der Waals surface area contributed by atoms with E-state index in [1.165, 1.54) is 6.92 Å². The molecular weight excluding hydrogens is 384 g/mol. The van der Waals surface area contributed by atoms with Crippen molar-refractivity contribution in [3.05, 3.63) is 60.2 Å². The molecule has 2 aromatic rings. The van der Waals surface area contributed by atoms with Gasteiger partial charge in [-0.05, 0) is 29.5 Å². The summed E-state index contributed by atoms with van der Waals surface area (Å²) in [5.74, 6) is -2.98. The van der Waals surface area contributed by atoms with Crippen LogP contribution >= 0.6 is 0 Å². The molecule has 0 aromatic heterocycles. The van der Waals surface area contributed by atoms with E-state index in [0.717, 1.165) is 16.7 Å². The van der Waals surface area contributed by atoms with Gasteiger partial charge in [0.2, 0.25) is 5.91 Å². The van der Waals surface area contributed by atoms with Crippen molar-refractivity contribution in [2.24, 2.45) is 5.92 Å². The number of carboxylic acids is 2. The van der Waals surface area contributed by atoms with Gasteiger partial charge in [-0.25, -0.2) is 4.79 Å². The molecule has 0 saturated carbocycles. The first kappa shape index (κ1) is 23.1. The van der Waals surface area contributed by atoms with Crippen molar-refractivity contribution in [3.63, 3.8) is 0 Å². The third-order valence-electron chi connectivity index (χ3n) is 4.86. The van der Waals surface area contributed by atoms with Crippen LogP contribution in [0.15, 0.2) is 54.6 Å². The van der Waals surface area contributed by atoms with Crippen LogP contribution in [0.2, 0.25) is 0 Å². The molecule has 0 aliphatic heterocycles. The summed E-state index contributed by atoms with van der Waals surface area (Å²) in [7, 11) is 0. The Kier molecular flexibility index (Phi) is 8.12. The summed E-state index contributed by atoms with van der Waals surface area (Å²) in [5.41, 5.74) is 2.85. The molecule has 0 unspecified atom stereocenters. The van der Waals surface area contributed by atoms with Gasteiger partial charge < -0.3 is 15.5 Å². The zero-order valence-corrected chi connectivity index (χ0v) is 17.3. The van der Waals surface area contributed by atoms with Crippen LogP contribution in [0.4, 0.5) is 0 Å². The molecule has 160 valence electrons. The largest absolute Gasteiger partial charge is 0.480 e. The van der Waals surface area contributed by atoms with E-state index in [2.05, 4.69) is 10.6 Å². The fourth-order valence-electron chi connectivity index (χ4n) is 3.07. The minimum Gasteiger partial charge on any atom is -0.480 e. The summed E-state index contributed by atoms with van der Waals surface area (Å²) in [6.07, 6.45) is 0.120. The van der Waals surface area contributed by atoms with E-state index in [4.69, 9.17) is 5.11 Å². The first-order chi connectivity index (χ1) is 14.2. The molecule has 0 saturated heterocycles.